The molecule has 4 nitrogen and oxygen atoms in total. The van der Waals surface area contributed by atoms with E-state index in [1.807, 2.05) is 0 Å². The summed E-state index contributed by atoms with van der Waals surface area (Å²) < 4.78 is 39.7. The SMILES string of the molecule is Nc1cccnc1Nc1ccc(OC(F)(F)F)cc1. The molecule has 1 heterocycles. The fraction of sp³-hybridized carbons (Fsp3) is 0.0833. The number of benzene rings is 1. The van der Waals surface area contributed by atoms with Gasteiger partial charge in [0.2, 0.25) is 0 Å². The monoisotopic (exact) mass is 269 g/mol. The minimum absolute atomic E-state index is 0.285. The molecule has 0 aliphatic rings. The number of hydrogen-bond acceptors (Lipinski definition) is 4. The van der Waals surface area contributed by atoms with Crippen molar-refractivity contribution >= 4 is 17.2 Å². The number of pyridine rings is 1. The van der Waals surface area contributed by atoms with Gasteiger partial charge in [0.25, 0.3) is 0 Å². The molecule has 19 heavy (non-hydrogen) atoms. The molecule has 0 atom stereocenters. The number of nitrogens with one attached hydrogen (secondary N) is 1. The molecule has 0 amide bonds. The number of aromatic nitrogens is 1. The standard InChI is InChI=1S/C12H10F3N3O/c13-12(14,15)19-9-5-3-8(4-6-9)18-11-10(16)2-1-7-17-11/h1-7H,16H2,(H,17,18). The molecule has 0 spiro atoms. The van der Waals surface area contributed by atoms with Gasteiger partial charge < -0.3 is 15.8 Å². The van der Waals surface area contributed by atoms with Crippen LogP contribution in [-0.4, -0.2) is 11.3 Å². The molecule has 0 saturated heterocycles. The quantitative estimate of drug-likeness (QED) is 0.897. The van der Waals surface area contributed by atoms with E-state index in [2.05, 4.69) is 15.0 Å². The summed E-state index contributed by atoms with van der Waals surface area (Å²) in [5.41, 5.74) is 6.68. The lowest BCUT2D eigenvalue weighted by Crippen LogP contribution is -2.16. The number of nitrogens with zero attached hydrogens (tertiary/aromatic N) is 1. The van der Waals surface area contributed by atoms with Gasteiger partial charge in [-0.3, -0.25) is 0 Å². The first kappa shape index (κ1) is 13.0. The summed E-state index contributed by atoms with van der Waals surface area (Å²) in [4.78, 5) is 4.01. The third-order valence-electron chi connectivity index (χ3n) is 2.19. The summed E-state index contributed by atoms with van der Waals surface area (Å²) in [6, 6.07) is 8.63. The van der Waals surface area contributed by atoms with Crippen molar-refractivity contribution in [2.24, 2.45) is 0 Å². The average molecular weight is 269 g/mol. The van der Waals surface area contributed by atoms with Gasteiger partial charge in [-0.05, 0) is 36.4 Å². The van der Waals surface area contributed by atoms with Crippen molar-refractivity contribution in [3.05, 3.63) is 42.6 Å². The molecule has 0 unspecified atom stereocenters. The molecule has 0 aliphatic heterocycles. The Hall–Kier alpha value is -2.44. The van der Waals surface area contributed by atoms with Crippen LogP contribution in [0.3, 0.4) is 0 Å². The highest BCUT2D eigenvalue weighted by molar-refractivity contribution is 5.68. The van der Waals surface area contributed by atoms with Crippen LogP contribution in [0.5, 0.6) is 5.75 Å². The molecule has 3 N–H and O–H groups in total. The maximum Gasteiger partial charge on any atom is 0.573 e. The minimum Gasteiger partial charge on any atom is -0.406 e. The molecule has 0 radical (unpaired) electrons. The lowest BCUT2D eigenvalue weighted by molar-refractivity contribution is -0.274. The van der Waals surface area contributed by atoms with Gasteiger partial charge in [0.15, 0.2) is 5.82 Å². The summed E-state index contributed by atoms with van der Waals surface area (Å²) in [6.45, 7) is 0. The van der Waals surface area contributed by atoms with Crippen LogP contribution in [0, 0.1) is 0 Å². The van der Waals surface area contributed by atoms with Gasteiger partial charge in [-0.25, -0.2) is 4.98 Å². The second kappa shape index (κ2) is 5.05. The molecular formula is C12H10F3N3O. The predicted octanol–water partition coefficient (Wildman–Crippen LogP) is 3.31. The zero-order valence-corrected chi connectivity index (χ0v) is 9.61. The fourth-order valence-electron chi connectivity index (χ4n) is 1.40. The van der Waals surface area contributed by atoms with Crippen LogP contribution < -0.4 is 15.8 Å². The smallest absolute Gasteiger partial charge is 0.406 e. The number of nitrogen functional groups attached to an aromatic ring is 1. The van der Waals surface area contributed by atoms with Crippen molar-refractivity contribution in [3.63, 3.8) is 0 Å². The van der Waals surface area contributed by atoms with Crippen molar-refractivity contribution in [2.45, 2.75) is 6.36 Å². The van der Waals surface area contributed by atoms with Gasteiger partial charge in [0.05, 0.1) is 5.69 Å². The average Bonchev–Trinajstić information content (AvgIpc) is 2.33. The largest absolute Gasteiger partial charge is 0.573 e. The molecule has 7 heteroatoms. The number of alkyl halides is 3. The Kier molecular flexibility index (Phi) is 3.46. The first-order valence-electron chi connectivity index (χ1n) is 5.27. The summed E-state index contributed by atoms with van der Waals surface area (Å²) in [6.07, 6.45) is -3.14. The van der Waals surface area contributed by atoms with E-state index in [-0.39, 0.29) is 5.75 Å². The van der Waals surface area contributed by atoms with Crippen molar-refractivity contribution in [2.75, 3.05) is 11.1 Å². The highest BCUT2D eigenvalue weighted by atomic mass is 19.4. The molecule has 0 saturated carbocycles. The number of nitrogens with two attached hydrogens (primary N) is 1. The maximum atomic E-state index is 12.0. The predicted molar refractivity (Wildman–Crippen MR) is 65.1 cm³/mol. The third kappa shape index (κ3) is 3.77. The second-order valence-corrected chi connectivity index (χ2v) is 3.64. The van der Waals surface area contributed by atoms with E-state index in [4.69, 9.17) is 5.73 Å². The molecule has 0 fully saturated rings. The van der Waals surface area contributed by atoms with Gasteiger partial charge >= 0.3 is 6.36 Å². The van der Waals surface area contributed by atoms with Crippen molar-refractivity contribution in [1.82, 2.24) is 4.98 Å². The Morgan fingerprint density at radius 2 is 1.79 bits per heavy atom. The molecule has 0 bridgehead atoms. The molecule has 2 aromatic rings. The van der Waals surface area contributed by atoms with E-state index >= 15 is 0 Å². The van der Waals surface area contributed by atoms with E-state index in [0.717, 1.165) is 0 Å². The minimum atomic E-state index is -4.69. The number of halogens is 3. The molecule has 0 aliphatic carbocycles. The Morgan fingerprint density at radius 1 is 1.11 bits per heavy atom. The van der Waals surface area contributed by atoms with Crippen LogP contribution >= 0.6 is 0 Å². The lowest BCUT2D eigenvalue weighted by Gasteiger charge is -2.10. The molecule has 100 valence electrons. The van der Waals surface area contributed by atoms with E-state index < -0.39 is 6.36 Å². The summed E-state index contributed by atoms with van der Waals surface area (Å²) in [5, 5.41) is 2.89. The van der Waals surface area contributed by atoms with Crippen LogP contribution in [0.1, 0.15) is 0 Å². The Morgan fingerprint density at radius 3 is 2.37 bits per heavy atom. The first-order chi connectivity index (χ1) is 8.94. The third-order valence-corrected chi connectivity index (χ3v) is 2.19. The van der Waals surface area contributed by atoms with Gasteiger partial charge in [-0.15, -0.1) is 13.2 Å². The van der Waals surface area contributed by atoms with E-state index in [1.165, 1.54) is 24.3 Å². The van der Waals surface area contributed by atoms with Crippen LogP contribution in [0.15, 0.2) is 42.6 Å². The fourth-order valence-corrected chi connectivity index (χ4v) is 1.40. The zero-order chi connectivity index (χ0) is 13.9. The number of ether oxygens (including phenoxy) is 1. The van der Waals surface area contributed by atoms with Gasteiger partial charge in [-0.1, -0.05) is 0 Å². The maximum absolute atomic E-state index is 12.0. The Labute approximate surface area is 107 Å². The van der Waals surface area contributed by atoms with Crippen molar-refractivity contribution in [3.8, 4) is 5.75 Å². The first-order valence-corrected chi connectivity index (χ1v) is 5.27. The molecular weight excluding hydrogens is 259 g/mol. The molecule has 1 aromatic heterocycles. The van der Waals surface area contributed by atoms with Gasteiger partial charge in [0, 0.05) is 11.9 Å². The Balaban J connectivity index is 2.09. The van der Waals surface area contributed by atoms with Crippen molar-refractivity contribution in [1.29, 1.82) is 0 Å². The topological polar surface area (TPSA) is 60.2 Å². The summed E-state index contributed by atoms with van der Waals surface area (Å²) in [7, 11) is 0. The van der Waals surface area contributed by atoms with Crippen LogP contribution in [0.2, 0.25) is 0 Å². The van der Waals surface area contributed by atoms with E-state index in [1.54, 1.807) is 18.3 Å². The number of hydrogen-bond donors (Lipinski definition) is 2. The van der Waals surface area contributed by atoms with Crippen molar-refractivity contribution < 1.29 is 17.9 Å². The molecule has 2 rings (SSSR count). The van der Waals surface area contributed by atoms with Crippen LogP contribution in [0.25, 0.3) is 0 Å². The number of anilines is 3. The second-order valence-electron chi connectivity index (χ2n) is 3.64. The van der Waals surface area contributed by atoms with E-state index in [0.29, 0.717) is 17.2 Å². The van der Waals surface area contributed by atoms with Gasteiger partial charge in [-0.2, -0.15) is 0 Å². The highest BCUT2D eigenvalue weighted by Gasteiger charge is 2.30. The lowest BCUT2D eigenvalue weighted by atomic mass is 10.3. The van der Waals surface area contributed by atoms with Gasteiger partial charge in [0.1, 0.15) is 5.75 Å². The Bertz CT molecular complexity index is 555. The zero-order valence-electron chi connectivity index (χ0n) is 9.61. The number of rotatable bonds is 3. The highest BCUT2D eigenvalue weighted by Crippen LogP contribution is 2.25. The normalized spacial score (nSPS) is 11.1. The van der Waals surface area contributed by atoms with E-state index in [9.17, 15) is 13.2 Å². The van der Waals surface area contributed by atoms with Crippen LogP contribution in [-0.2, 0) is 0 Å². The van der Waals surface area contributed by atoms with Crippen LogP contribution in [0.4, 0.5) is 30.4 Å². The molecule has 1 aromatic carbocycles. The summed E-state index contributed by atoms with van der Waals surface area (Å²) >= 11 is 0. The summed E-state index contributed by atoms with van der Waals surface area (Å²) in [5.74, 6) is 0.152.